The molecule has 0 bridgehead atoms. The van der Waals surface area contributed by atoms with E-state index in [4.69, 9.17) is 9.47 Å². The molecule has 1 aromatic rings. The van der Waals surface area contributed by atoms with Crippen molar-refractivity contribution < 1.29 is 9.47 Å². The average Bonchev–Trinajstić information content (AvgIpc) is 3.14. The molecule has 1 aliphatic rings. The van der Waals surface area contributed by atoms with E-state index >= 15 is 0 Å². The van der Waals surface area contributed by atoms with Crippen LogP contribution in [0.1, 0.15) is 38.7 Å². The second-order valence-corrected chi connectivity index (χ2v) is 4.65. The van der Waals surface area contributed by atoms with Crippen molar-refractivity contribution in [1.29, 1.82) is 0 Å². The molecular weight excluding hydrogens is 212 g/mol. The highest BCUT2D eigenvalue weighted by atomic mass is 16.6. The first-order valence-electron chi connectivity index (χ1n) is 6.70. The Balaban J connectivity index is 1.74. The number of benzene rings is 1. The standard InChI is InChI=1S/C15H22O2/c1-3-11-16-13-8-5-12(6-9-13)7-10-15-14(4-2)17-15/h5-6,8-9,14-15H,3-4,7,10-11H2,1-2H3. The summed E-state index contributed by atoms with van der Waals surface area (Å²) >= 11 is 0. The van der Waals surface area contributed by atoms with Gasteiger partial charge in [0.15, 0.2) is 0 Å². The zero-order valence-corrected chi connectivity index (χ0v) is 10.8. The van der Waals surface area contributed by atoms with Gasteiger partial charge in [-0.25, -0.2) is 0 Å². The summed E-state index contributed by atoms with van der Waals surface area (Å²) in [5.74, 6) is 0.977. The summed E-state index contributed by atoms with van der Waals surface area (Å²) in [5, 5.41) is 0. The Hall–Kier alpha value is -1.02. The van der Waals surface area contributed by atoms with Gasteiger partial charge in [0.05, 0.1) is 18.8 Å². The molecule has 1 heterocycles. The lowest BCUT2D eigenvalue weighted by molar-refractivity contribution is 0.317. The fraction of sp³-hybridized carbons (Fsp3) is 0.600. The predicted octanol–water partition coefficient (Wildman–Crippen LogP) is 3.59. The van der Waals surface area contributed by atoms with Crippen molar-refractivity contribution in [2.24, 2.45) is 0 Å². The zero-order valence-electron chi connectivity index (χ0n) is 10.8. The van der Waals surface area contributed by atoms with Gasteiger partial charge in [0.25, 0.3) is 0 Å². The Bertz CT molecular complexity index is 331. The molecule has 0 spiro atoms. The van der Waals surface area contributed by atoms with Gasteiger partial charge in [-0.05, 0) is 43.4 Å². The third-order valence-corrected chi connectivity index (χ3v) is 3.20. The van der Waals surface area contributed by atoms with Crippen LogP contribution in [0.5, 0.6) is 5.75 Å². The quantitative estimate of drug-likeness (QED) is 0.672. The SMILES string of the molecule is CCCOc1ccc(CCC2OC2CC)cc1. The summed E-state index contributed by atoms with van der Waals surface area (Å²) in [5.41, 5.74) is 1.37. The highest BCUT2D eigenvalue weighted by Crippen LogP contribution is 2.29. The minimum Gasteiger partial charge on any atom is -0.494 e. The molecule has 0 aliphatic carbocycles. The van der Waals surface area contributed by atoms with Gasteiger partial charge >= 0.3 is 0 Å². The van der Waals surface area contributed by atoms with Crippen LogP contribution in [-0.2, 0) is 11.2 Å². The van der Waals surface area contributed by atoms with Gasteiger partial charge in [-0.1, -0.05) is 26.0 Å². The number of ether oxygens (including phenoxy) is 2. The zero-order chi connectivity index (χ0) is 12.1. The number of epoxide rings is 1. The monoisotopic (exact) mass is 234 g/mol. The topological polar surface area (TPSA) is 21.8 Å². The van der Waals surface area contributed by atoms with Gasteiger partial charge < -0.3 is 9.47 Å². The summed E-state index contributed by atoms with van der Waals surface area (Å²) in [4.78, 5) is 0. The Morgan fingerprint density at radius 3 is 2.47 bits per heavy atom. The lowest BCUT2D eigenvalue weighted by Crippen LogP contribution is -1.97. The van der Waals surface area contributed by atoms with Crippen LogP contribution in [-0.4, -0.2) is 18.8 Å². The molecule has 0 N–H and O–H groups in total. The van der Waals surface area contributed by atoms with Gasteiger partial charge in [0.1, 0.15) is 5.75 Å². The van der Waals surface area contributed by atoms with Gasteiger partial charge in [-0.3, -0.25) is 0 Å². The summed E-state index contributed by atoms with van der Waals surface area (Å²) in [7, 11) is 0. The fourth-order valence-corrected chi connectivity index (χ4v) is 2.07. The number of rotatable bonds is 7. The van der Waals surface area contributed by atoms with Crippen molar-refractivity contribution in [2.45, 2.75) is 51.7 Å². The van der Waals surface area contributed by atoms with E-state index in [0.717, 1.165) is 38.0 Å². The smallest absolute Gasteiger partial charge is 0.119 e. The second-order valence-electron chi connectivity index (χ2n) is 4.65. The van der Waals surface area contributed by atoms with E-state index in [1.807, 2.05) is 0 Å². The summed E-state index contributed by atoms with van der Waals surface area (Å²) in [6.07, 6.45) is 5.49. The van der Waals surface area contributed by atoms with Gasteiger partial charge in [0.2, 0.25) is 0 Å². The maximum absolute atomic E-state index is 5.56. The number of hydrogen-bond acceptors (Lipinski definition) is 2. The first-order chi connectivity index (χ1) is 8.33. The molecule has 0 saturated carbocycles. The Labute approximate surface area is 104 Å². The average molecular weight is 234 g/mol. The van der Waals surface area contributed by atoms with E-state index in [1.54, 1.807) is 0 Å². The van der Waals surface area contributed by atoms with Crippen LogP contribution < -0.4 is 4.74 Å². The van der Waals surface area contributed by atoms with E-state index in [0.29, 0.717) is 12.2 Å². The first kappa shape index (κ1) is 12.4. The van der Waals surface area contributed by atoms with Gasteiger partial charge in [-0.15, -0.1) is 0 Å². The molecule has 17 heavy (non-hydrogen) atoms. The van der Waals surface area contributed by atoms with Crippen molar-refractivity contribution >= 4 is 0 Å². The van der Waals surface area contributed by atoms with Crippen LogP contribution in [0.25, 0.3) is 0 Å². The Morgan fingerprint density at radius 2 is 1.88 bits per heavy atom. The Kier molecular flexibility index (Phi) is 4.43. The van der Waals surface area contributed by atoms with Crippen molar-refractivity contribution in [1.82, 2.24) is 0 Å². The van der Waals surface area contributed by atoms with Crippen LogP contribution in [0.3, 0.4) is 0 Å². The predicted molar refractivity (Wildman–Crippen MR) is 69.5 cm³/mol. The summed E-state index contributed by atoms with van der Waals surface area (Å²) < 4.78 is 11.1. The third-order valence-electron chi connectivity index (χ3n) is 3.20. The second kappa shape index (κ2) is 6.06. The van der Waals surface area contributed by atoms with E-state index in [2.05, 4.69) is 38.1 Å². The molecule has 2 unspecified atom stereocenters. The van der Waals surface area contributed by atoms with Crippen LogP contribution in [0.15, 0.2) is 24.3 Å². The molecule has 94 valence electrons. The van der Waals surface area contributed by atoms with Gasteiger partial charge in [0, 0.05) is 0 Å². The maximum atomic E-state index is 5.56. The number of hydrogen-bond donors (Lipinski definition) is 0. The molecule has 1 saturated heterocycles. The van der Waals surface area contributed by atoms with E-state index in [1.165, 1.54) is 5.56 Å². The molecule has 2 rings (SSSR count). The summed E-state index contributed by atoms with van der Waals surface area (Å²) in [6.45, 7) is 5.10. The summed E-state index contributed by atoms with van der Waals surface area (Å²) in [6, 6.07) is 8.45. The highest BCUT2D eigenvalue weighted by molar-refractivity contribution is 5.27. The van der Waals surface area contributed by atoms with E-state index < -0.39 is 0 Å². The molecule has 2 heteroatoms. The lowest BCUT2D eigenvalue weighted by Gasteiger charge is -2.05. The van der Waals surface area contributed by atoms with Crippen molar-refractivity contribution in [3.63, 3.8) is 0 Å². The molecule has 0 amide bonds. The molecule has 0 aromatic heterocycles. The van der Waals surface area contributed by atoms with Crippen LogP contribution >= 0.6 is 0 Å². The normalized spacial score (nSPS) is 22.5. The third kappa shape index (κ3) is 3.74. The Morgan fingerprint density at radius 1 is 1.12 bits per heavy atom. The minimum atomic E-state index is 0.510. The molecule has 0 radical (unpaired) electrons. The molecule has 2 atom stereocenters. The minimum absolute atomic E-state index is 0.510. The molecular formula is C15H22O2. The largest absolute Gasteiger partial charge is 0.494 e. The number of aryl methyl sites for hydroxylation is 1. The van der Waals surface area contributed by atoms with Crippen LogP contribution in [0, 0.1) is 0 Å². The van der Waals surface area contributed by atoms with Gasteiger partial charge in [-0.2, -0.15) is 0 Å². The first-order valence-corrected chi connectivity index (χ1v) is 6.70. The van der Waals surface area contributed by atoms with Crippen molar-refractivity contribution in [3.05, 3.63) is 29.8 Å². The van der Waals surface area contributed by atoms with Crippen molar-refractivity contribution in [3.8, 4) is 5.75 Å². The molecule has 2 nitrogen and oxygen atoms in total. The molecule has 1 aromatic carbocycles. The molecule has 1 aliphatic heterocycles. The van der Waals surface area contributed by atoms with Crippen molar-refractivity contribution in [2.75, 3.05) is 6.61 Å². The van der Waals surface area contributed by atoms with E-state index in [-0.39, 0.29) is 0 Å². The highest BCUT2D eigenvalue weighted by Gasteiger charge is 2.35. The maximum Gasteiger partial charge on any atom is 0.119 e. The lowest BCUT2D eigenvalue weighted by atomic mass is 10.1. The fourth-order valence-electron chi connectivity index (χ4n) is 2.07. The van der Waals surface area contributed by atoms with Crippen LogP contribution in [0.2, 0.25) is 0 Å². The van der Waals surface area contributed by atoms with Crippen LogP contribution in [0.4, 0.5) is 0 Å². The molecule has 1 fully saturated rings. The van der Waals surface area contributed by atoms with E-state index in [9.17, 15) is 0 Å².